The minimum Gasteiger partial charge on any atom is -0.481 e. The van der Waals surface area contributed by atoms with E-state index in [2.05, 4.69) is 13.8 Å². The van der Waals surface area contributed by atoms with Crippen LogP contribution in [0.15, 0.2) is 0 Å². The second kappa shape index (κ2) is 8.68. The number of carboxylic acid groups (broad SMARTS) is 1. The second-order valence-corrected chi connectivity index (χ2v) is 4.12. The smallest absolute Gasteiger partial charge is 0.303 e. The largest absolute Gasteiger partial charge is 0.481 e. The quantitative estimate of drug-likeness (QED) is 0.574. The Labute approximate surface area is 91.8 Å². The van der Waals surface area contributed by atoms with Crippen molar-refractivity contribution in [1.82, 2.24) is 0 Å². The molecule has 0 radical (unpaired) electrons. The minimum absolute atomic E-state index is 0.0720. The Morgan fingerprint density at radius 3 is 2.67 bits per heavy atom. The van der Waals surface area contributed by atoms with Crippen LogP contribution in [0.1, 0.15) is 33.1 Å². The highest BCUT2D eigenvalue weighted by Gasteiger charge is 2.15. The summed E-state index contributed by atoms with van der Waals surface area (Å²) >= 11 is 0. The molecule has 0 unspecified atom stereocenters. The summed E-state index contributed by atoms with van der Waals surface area (Å²) in [7, 11) is 0. The second-order valence-electron chi connectivity index (χ2n) is 4.12. The maximum atomic E-state index is 10.5. The summed E-state index contributed by atoms with van der Waals surface area (Å²) in [5, 5.41) is 8.66. The van der Waals surface area contributed by atoms with Gasteiger partial charge in [-0.25, -0.2) is 0 Å². The monoisotopic (exact) mass is 217 g/mol. The Balaban J connectivity index is 3.69. The third kappa shape index (κ3) is 8.39. The molecule has 0 aromatic heterocycles. The molecule has 0 aliphatic rings. The van der Waals surface area contributed by atoms with Crippen molar-refractivity contribution in [3.05, 3.63) is 0 Å². The third-order valence-electron chi connectivity index (χ3n) is 2.28. The highest BCUT2D eigenvalue weighted by Crippen LogP contribution is 2.15. The summed E-state index contributed by atoms with van der Waals surface area (Å²) in [6, 6.07) is 0. The van der Waals surface area contributed by atoms with Crippen molar-refractivity contribution >= 4 is 5.97 Å². The molecule has 0 aromatic rings. The molecule has 0 aliphatic carbocycles. The lowest BCUT2D eigenvalue weighted by Gasteiger charge is -2.17. The normalized spacial score (nSPS) is 14.9. The van der Waals surface area contributed by atoms with Crippen molar-refractivity contribution < 1.29 is 14.6 Å². The summed E-state index contributed by atoms with van der Waals surface area (Å²) in [5.41, 5.74) is 5.52. The summed E-state index contributed by atoms with van der Waals surface area (Å²) in [4.78, 5) is 10.5. The first-order valence-electron chi connectivity index (χ1n) is 5.59. The molecule has 0 rings (SSSR count). The van der Waals surface area contributed by atoms with E-state index >= 15 is 0 Å². The van der Waals surface area contributed by atoms with E-state index in [1.165, 1.54) is 0 Å². The van der Waals surface area contributed by atoms with Crippen LogP contribution in [0.2, 0.25) is 0 Å². The van der Waals surface area contributed by atoms with Crippen molar-refractivity contribution in [3.8, 4) is 0 Å². The van der Waals surface area contributed by atoms with Crippen molar-refractivity contribution in [2.24, 2.45) is 17.6 Å². The fourth-order valence-corrected chi connectivity index (χ4v) is 1.58. The molecule has 4 nitrogen and oxygen atoms in total. The van der Waals surface area contributed by atoms with Crippen molar-refractivity contribution in [2.75, 3.05) is 19.8 Å². The number of ether oxygens (including phenoxy) is 1. The Morgan fingerprint density at radius 1 is 1.53 bits per heavy atom. The topological polar surface area (TPSA) is 72.5 Å². The molecule has 0 amide bonds. The molecule has 90 valence electrons. The maximum Gasteiger partial charge on any atom is 0.303 e. The molecule has 2 atom stereocenters. The standard InChI is InChI=1S/C11H23NO3/c1-3-4-15-8-9(2)5-10(7-12)6-11(13)14/h9-10H,3-8,12H2,1-2H3,(H,13,14)/t9-,10-/m0/s1. The van der Waals surface area contributed by atoms with Gasteiger partial charge in [0.1, 0.15) is 0 Å². The van der Waals surface area contributed by atoms with Crippen molar-refractivity contribution in [3.63, 3.8) is 0 Å². The average molecular weight is 217 g/mol. The van der Waals surface area contributed by atoms with Gasteiger partial charge in [-0.3, -0.25) is 4.79 Å². The lowest BCUT2D eigenvalue weighted by molar-refractivity contribution is -0.138. The molecule has 3 N–H and O–H groups in total. The van der Waals surface area contributed by atoms with Gasteiger partial charge in [0.2, 0.25) is 0 Å². The van der Waals surface area contributed by atoms with Gasteiger partial charge in [0.15, 0.2) is 0 Å². The fourth-order valence-electron chi connectivity index (χ4n) is 1.58. The summed E-state index contributed by atoms with van der Waals surface area (Å²) in [6.45, 7) is 6.04. The Morgan fingerprint density at radius 2 is 2.20 bits per heavy atom. The van der Waals surface area contributed by atoms with Crippen LogP contribution in [0.5, 0.6) is 0 Å². The molecule has 0 fully saturated rings. The van der Waals surface area contributed by atoms with E-state index < -0.39 is 5.97 Å². The zero-order valence-corrected chi connectivity index (χ0v) is 9.74. The number of hydrogen-bond acceptors (Lipinski definition) is 3. The number of hydrogen-bond donors (Lipinski definition) is 2. The van der Waals surface area contributed by atoms with E-state index in [0.29, 0.717) is 19.1 Å². The lowest BCUT2D eigenvalue weighted by Crippen LogP contribution is -2.22. The summed E-state index contributed by atoms with van der Waals surface area (Å²) < 4.78 is 5.41. The lowest BCUT2D eigenvalue weighted by atomic mass is 9.94. The molecule has 0 saturated heterocycles. The van der Waals surface area contributed by atoms with Gasteiger partial charge in [-0.05, 0) is 31.2 Å². The fraction of sp³-hybridized carbons (Fsp3) is 0.909. The zero-order chi connectivity index (χ0) is 11.7. The number of carbonyl (C=O) groups is 1. The van der Waals surface area contributed by atoms with Gasteiger partial charge >= 0.3 is 5.97 Å². The molecule has 4 heteroatoms. The molecule has 0 bridgehead atoms. The Kier molecular flexibility index (Phi) is 8.33. The maximum absolute atomic E-state index is 10.5. The van der Waals surface area contributed by atoms with Gasteiger partial charge in [-0.1, -0.05) is 13.8 Å². The average Bonchev–Trinajstić information content (AvgIpc) is 2.16. The summed E-state index contributed by atoms with van der Waals surface area (Å²) in [6.07, 6.45) is 2.00. The molecule has 0 aromatic carbocycles. The Bertz CT molecular complexity index is 173. The van der Waals surface area contributed by atoms with Crippen LogP contribution in [0.3, 0.4) is 0 Å². The highest BCUT2D eigenvalue weighted by atomic mass is 16.5. The van der Waals surface area contributed by atoms with Crippen LogP contribution in [-0.2, 0) is 9.53 Å². The Hall–Kier alpha value is -0.610. The van der Waals surface area contributed by atoms with Crippen LogP contribution in [0.25, 0.3) is 0 Å². The van der Waals surface area contributed by atoms with Crippen molar-refractivity contribution in [2.45, 2.75) is 33.1 Å². The van der Waals surface area contributed by atoms with Gasteiger partial charge in [0.25, 0.3) is 0 Å². The first kappa shape index (κ1) is 14.4. The highest BCUT2D eigenvalue weighted by molar-refractivity contribution is 5.67. The number of nitrogens with two attached hydrogens (primary N) is 1. The first-order chi connectivity index (χ1) is 7.10. The first-order valence-corrected chi connectivity index (χ1v) is 5.59. The van der Waals surface area contributed by atoms with Crippen LogP contribution in [0.4, 0.5) is 0 Å². The van der Waals surface area contributed by atoms with Gasteiger partial charge in [0.05, 0.1) is 0 Å². The predicted molar refractivity (Wildman–Crippen MR) is 59.7 cm³/mol. The van der Waals surface area contributed by atoms with E-state index in [-0.39, 0.29) is 12.3 Å². The third-order valence-corrected chi connectivity index (χ3v) is 2.28. The van der Waals surface area contributed by atoms with Crippen LogP contribution < -0.4 is 5.73 Å². The minimum atomic E-state index is -0.771. The molecule has 0 aliphatic heterocycles. The summed E-state index contributed by atoms with van der Waals surface area (Å²) in [5.74, 6) is -0.320. The number of rotatable bonds is 9. The molecule has 0 heterocycles. The van der Waals surface area contributed by atoms with Crippen LogP contribution >= 0.6 is 0 Å². The van der Waals surface area contributed by atoms with E-state index in [9.17, 15) is 4.79 Å². The number of carboxylic acids is 1. The van der Waals surface area contributed by atoms with Gasteiger partial charge < -0.3 is 15.6 Å². The molecule has 15 heavy (non-hydrogen) atoms. The predicted octanol–water partition coefficient (Wildman–Crippen LogP) is 1.49. The van der Waals surface area contributed by atoms with Crippen molar-refractivity contribution in [1.29, 1.82) is 0 Å². The SMILES string of the molecule is CCCOC[C@@H](C)C[C@H](CN)CC(=O)O. The number of aliphatic carboxylic acids is 1. The molecule has 0 spiro atoms. The molecular formula is C11H23NO3. The van der Waals surface area contributed by atoms with Crippen LogP contribution in [-0.4, -0.2) is 30.8 Å². The molecule has 0 saturated carbocycles. The van der Waals surface area contributed by atoms with E-state index in [1.807, 2.05) is 0 Å². The zero-order valence-electron chi connectivity index (χ0n) is 9.74. The van der Waals surface area contributed by atoms with E-state index in [4.69, 9.17) is 15.6 Å². The van der Waals surface area contributed by atoms with E-state index in [0.717, 1.165) is 19.4 Å². The van der Waals surface area contributed by atoms with Gasteiger partial charge in [-0.2, -0.15) is 0 Å². The van der Waals surface area contributed by atoms with E-state index in [1.54, 1.807) is 0 Å². The van der Waals surface area contributed by atoms with Gasteiger partial charge in [0, 0.05) is 19.6 Å². The molecular weight excluding hydrogens is 194 g/mol. The van der Waals surface area contributed by atoms with Gasteiger partial charge in [-0.15, -0.1) is 0 Å². The van der Waals surface area contributed by atoms with Crippen LogP contribution in [0, 0.1) is 11.8 Å².